The summed E-state index contributed by atoms with van der Waals surface area (Å²) >= 11 is 0. The molecule has 0 spiro atoms. The Bertz CT molecular complexity index is 251. The van der Waals surface area contributed by atoms with E-state index in [4.69, 9.17) is 0 Å². The van der Waals surface area contributed by atoms with Crippen LogP contribution in [0.3, 0.4) is 0 Å². The predicted molar refractivity (Wildman–Crippen MR) is 52.3 cm³/mol. The van der Waals surface area contributed by atoms with Gasteiger partial charge in [-0.3, -0.25) is 0 Å². The van der Waals surface area contributed by atoms with Crippen molar-refractivity contribution in [3.63, 3.8) is 0 Å². The molecule has 0 aromatic rings. The fourth-order valence-electron chi connectivity index (χ4n) is 0.450. The first kappa shape index (κ1) is 12.5. The molecule has 0 heterocycles. The Morgan fingerprint density at radius 1 is 1.23 bits per heavy atom. The van der Waals surface area contributed by atoms with E-state index in [-0.39, 0.29) is 5.54 Å². The van der Waals surface area contributed by atoms with Crippen LogP contribution < -0.4 is 5.32 Å². The van der Waals surface area contributed by atoms with Gasteiger partial charge in [0.2, 0.25) is 0 Å². The topological polar surface area (TPSA) is 47.6 Å². The summed E-state index contributed by atoms with van der Waals surface area (Å²) in [6.07, 6.45) is 0. The standard InChI is InChI=1S/C8H16NO3P/c1-8(2,3)9-6-7-13(10,11-4)12-5/h9H,1-5H3. The number of hydrogen-bond acceptors (Lipinski definition) is 4. The average molecular weight is 205 g/mol. The van der Waals surface area contributed by atoms with Crippen molar-refractivity contribution >= 4 is 7.60 Å². The smallest absolute Gasteiger partial charge is 0.340 e. The van der Waals surface area contributed by atoms with E-state index in [1.165, 1.54) is 14.2 Å². The molecule has 0 fully saturated rings. The second-order valence-corrected chi connectivity index (χ2v) is 5.42. The van der Waals surface area contributed by atoms with Crippen molar-refractivity contribution in [3.8, 4) is 11.7 Å². The van der Waals surface area contributed by atoms with E-state index in [9.17, 15) is 4.57 Å². The highest BCUT2D eigenvalue weighted by molar-refractivity contribution is 7.59. The Hall–Kier alpha value is -0.490. The molecule has 0 aliphatic heterocycles. The molecular weight excluding hydrogens is 189 g/mol. The lowest BCUT2D eigenvalue weighted by molar-refractivity contribution is 0.288. The molecule has 76 valence electrons. The highest BCUT2D eigenvalue weighted by Crippen LogP contribution is 2.44. The zero-order chi connectivity index (χ0) is 10.5. The second-order valence-electron chi connectivity index (χ2n) is 3.47. The molecule has 1 N–H and O–H groups in total. The van der Waals surface area contributed by atoms with Gasteiger partial charge in [0.15, 0.2) is 0 Å². The van der Waals surface area contributed by atoms with Crippen molar-refractivity contribution in [2.45, 2.75) is 26.3 Å². The molecule has 0 saturated heterocycles. The Balaban J connectivity index is 4.32. The van der Waals surface area contributed by atoms with E-state index < -0.39 is 7.60 Å². The average Bonchev–Trinajstić information content (AvgIpc) is 2.02. The summed E-state index contributed by atoms with van der Waals surface area (Å²) in [7, 11) is -0.588. The Kier molecular flexibility index (Phi) is 4.49. The maximum absolute atomic E-state index is 11.4. The van der Waals surface area contributed by atoms with Crippen molar-refractivity contribution in [3.05, 3.63) is 0 Å². The van der Waals surface area contributed by atoms with Crippen molar-refractivity contribution < 1.29 is 13.6 Å². The third-order valence-electron chi connectivity index (χ3n) is 1.11. The molecular formula is C8H16NO3P. The summed E-state index contributed by atoms with van der Waals surface area (Å²) in [4.78, 5) is 0. The molecule has 0 aromatic carbocycles. The van der Waals surface area contributed by atoms with Crippen molar-refractivity contribution in [1.82, 2.24) is 5.32 Å². The normalized spacial score (nSPS) is 11.8. The van der Waals surface area contributed by atoms with Crippen LogP contribution in [0.15, 0.2) is 0 Å². The Morgan fingerprint density at radius 2 is 1.69 bits per heavy atom. The molecule has 13 heavy (non-hydrogen) atoms. The fraction of sp³-hybridized carbons (Fsp3) is 0.750. The van der Waals surface area contributed by atoms with Crippen molar-refractivity contribution in [2.24, 2.45) is 0 Å². The summed E-state index contributed by atoms with van der Waals surface area (Å²) in [5, 5.41) is 2.85. The first-order valence-electron chi connectivity index (χ1n) is 3.84. The van der Waals surface area contributed by atoms with Crippen LogP contribution in [0.5, 0.6) is 0 Å². The van der Waals surface area contributed by atoms with E-state index in [2.05, 4.69) is 26.1 Å². The molecule has 0 radical (unpaired) electrons. The SMILES string of the molecule is COP(=O)(C#CNC(C)(C)C)OC. The minimum Gasteiger partial charge on any atom is -0.340 e. The Labute approximate surface area is 79.5 Å². The zero-order valence-electron chi connectivity index (χ0n) is 8.67. The molecule has 0 saturated carbocycles. The summed E-state index contributed by atoms with van der Waals surface area (Å²) in [6, 6.07) is 2.55. The van der Waals surface area contributed by atoms with E-state index in [0.717, 1.165) is 0 Å². The summed E-state index contributed by atoms with van der Waals surface area (Å²) in [5.41, 5.74) is 2.26. The molecule has 0 rings (SSSR count). The lowest BCUT2D eigenvalue weighted by Crippen LogP contribution is -2.31. The molecule has 5 heteroatoms. The number of hydrogen-bond donors (Lipinski definition) is 1. The maximum atomic E-state index is 11.4. The van der Waals surface area contributed by atoms with E-state index >= 15 is 0 Å². The van der Waals surface area contributed by atoms with E-state index in [1.54, 1.807) is 0 Å². The van der Waals surface area contributed by atoms with Gasteiger partial charge in [0.05, 0.1) is 0 Å². The third kappa shape index (κ3) is 5.70. The summed E-state index contributed by atoms with van der Waals surface area (Å²) in [5.74, 6) is 0. The van der Waals surface area contributed by atoms with Gasteiger partial charge in [0.25, 0.3) is 0 Å². The monoisotopic (exact) mass is 205 g/mol. The molecule has 0 aliphatic rings. The lowest BCUT2D eigenvalue weighted by Gasteiger charge is -2.16. The van der Waals surface area contributed by atoms with Crippen LogP contribution in [0, 0.1) is 11.7 Å². The van der Waals surface area contributed by atoms with Gasteiger partial charge >= 0.3 is 7.60 Å². The summed E-state index contributed by atoms with van der Waals surface area (Å²) in [6.45, 7) is 5.85. The van der Waals surface area contributed by atoms with Gasteiger partial charge in [0.1, 0.15) is 0 Å². The van der Waals surface area contributed by atoms with Crippen LogP contribution in [-0.4, -0.2) is 19.8 Å². The molecule has 0 aromatic heterocycles. The fourth-order valence-corrected chi connectivity index (χ4v) is 0.974. The first-order valence-corrected chi connectivity index (χ1v) is 5.38. The number of rotatable bonds is 2. The van der Waals surface area contributed by atoms with Crippen LogP contribution in [0.2, 0.25) is 0 Å². The largest absolute Gasteiger partial charge is 0.406 e. The highest BCUT2D eigenvalue weighted by atomic mass is 31.2. The molecule has 0 bridgehead atoms. The van der Waals surface area contributed by atoms with E-state index in [0.29, 0.717) is 0 Å². The summed E-state index contributed by atoms with van der Waals surface area (Å²) < 4.78 is 20.6. The van der Waals surface area contributed by atoms with Crippen LogP contribution in [0.4, 0.5) is 0 Å². The molecule has 0 amide bonds. The maximum Gasteiger partial charge on any atom is 0.406 e. The molecule has 0 unspecified atom stereocenters. The minimum atomic E-state index is -3.19. The van der Waals surface area contributed by atoms with Gasteiger partial charge in [0, 0.05) is 31.5 Å². The van der Waals surface area contributed by atoms with Crippen LogP contribution in [0.1, 0.15) is 20.8 Å². The van der Waals surface area contributed by atoms with Gasteiger partial charge in [-0.15, -0.1) is 0 Å². The number of nitrogens with one attached hydrogen (secondary N) is 1. The Morgan fingerprint density at radius 3 is 2.00 bits per heavy atom. The van der Waals surface area contributed by atoms with Crippen LogP contribution in [0.25, 0.3) is 0 Å². The second kappa shape index (κ2) is 4.66. The predicted octanol–water partition coefficient (Wildman–Crippen LogP) is 1.78. The highest BCUT2D eigenvalue weighted by Gasteiger charge is 2.16. The van der Waals surface area contributed by atoms with E-state index in [1.807, 2.05) is 20.8 Å². The van der Waals surface area contributed by atoms with Gasteiger partial charge < -0.3 is 14.4 Å². The molecule has 0 atom stereocenters. The van der Waals surface area contributed by atoms with Crippen LogP contribution in [-0.2, 0) is 13.6 Å². The van der Waals surface area contributed by atoms with Gasteiger partial charge in [-0.05, 0) is 20.8 Å². The quantitative estimate of drug-likeness (QED) is 0.424. The van der Waals surface area contributed by atoms with Gasteiger partial charge in [-0.2, -0.15) is 0 Å². The third-order valence-corrected chi connectivity index (χ3v) is 2.46. The zero-order valence-corrected chi connectivity index (χ0v) is 9.57. The van der Waals surface area contributed by atoms with Gasteiger partial charge in [-0.1, -0.05) is 0 Å². The molecule has 0 aliphatic carbocycles. The minimum absolute atomic E-state index is 0.140. The van der Waals surface area contributed by atoms with Crippen molar-refractivity contribution in [1.29, 1.82) is 0 Å². The first-order chi connectivity index (χ1) is 5.83. The lowest BCUT2D eigenvalue weighted by atomic mass is 10.1. The van der Waals surface area contributed by atoms with Crippen molar-refractivity contribution in [2.75, 3.05) is 14.2 Å². The van der Waals surface area contributed by atoms with Gasteiger partial charge in [-0.25, -0.2) is 4.57 Å². The molecule has 4 nitrogen and oxygen atoms in total. The van der Waals surface area contributed by atoms with Crippen LogP contribution >= 0.6 is 7.60 Å².